The van der Waals surface area contributed by atoms with Gasteiger partial charge < -0.3 is 19.7 Å². The van der Waals surface area contributed by atoms with Gasteiger partial charge in [-0.25, -0.2) is 0 Å². The van der Waals surface area contributed by atoms with Gasteiger partial charge >= 0.3 is 5.97 Å². The first-order chi connectivity index (χ1) is 14.0. The molecule has 0 radical (unpaired) electrons. The van der Waals surface area contributed by atoms with E-state index in [0.29, 0.717) is 18.0 Å². The third-order valence-electron chi connectivity index (χ3n) is 4.39. The number of nitrogens with zero attached hydrogens (tertiary/aromatic N) is 1. The second kappa shape index (κ2) is 9.56. The molecule has 2 amide bonds. The molecule has 1 heterocycles. The highest BCUT2D eigenvalue weighted by Gasteiger charge is 2.36. The van der Waals surface area contributed by atoms with E-state index >= 15 is 0 Å². The van der Waals surface area contributed by atoms with Crippen molar-refractivity contribution in [3.8, 4) is 5.75 Å². The van der Waals surface area contributed by atoms with Gasteiger partial charge in [0.15, 0.2) is 6.61 Å². The lowest BCUT2D eigenvalue weighted by Gasteiger charge is -2.17. The van der Waals surface area contributed by atoms with Gasteiger partial charge in [0.05, 0.1) is 12.5 Å². The molecular weight excluding hydrogens is 440 g/mol. The molecule has 1 atom stereocenters. The maximum absolute atomic E-state index is 12.3. The van der Waals surface area contributed by atoms with E-state index in [1.54, 1.807) is 53.4 Å². The summed E-state index contributed by atoms with van der Waals surface area (Å²) in [6, 6.07) is 14.2. The van der Waals surface area contributed by atoms with Crippen LogP contribution >= 0.6 is 15.9 Å². The minimum Gasteiger partial charge on any atom is -0.494 e. The van der Waals surface area contributed by atoms with Crippen LogP contribution in [0.25, 0.3) is 0 Å². The molecule has 0 aliphatic carbocycles. The molecule has 1 aliphatic heterocycles. The summed E-state index contributed by atoms with van der Waals surface area (Å²) >= 11 is 3.32. The number of anilines is 2. The van der Waals surface area contributed by atoms with Crippen molar-refractivity contribution in [3.63, 3.8) is 0 Å². The molecule has 152 valence electrons. The van der Waals surface area contributed by atoms with Crippen molar-refractivity contribution in [3.05, 3.63) is 53.0 Å². The summed E-state index contributed by atoms with van der Waals surface area (Å²) in [7, 11) is 0. The second-order valence-electron chi connectivity index (χ2n) is 6.50. The summed E-state index contributed by atoms with van der Waals surface area (Å²) in [5.74, 6) is -1.04. The standard InChI is InChI=1S/C21H21BrN2O5/c1-2-28-18-9-7-17(8-10-18)24-12-14(11-20(24)26)21(27)29-13-19(25)23-16-5-3-15(22)4-6-16/h3-10,14H,2,11-13H2,1H3,(H,23,25)/t14-/m1/s1. The third-order valence-corrected chi connectivity index (χ3v) is 4.92. The van der Waals surface area contributed by atoms with Crippen molar-refractivity contribution in [2.75, 3.05) is 30.0 Å². The summed E-state index contributed by atoms with van der Waals surface area (Å²) in [6.45, 7) is 2.28. The highest BCUT2D eigenvalue weighted by Crippen LogP contribution is 2.27. The molecule has 0 bridgehead atoms. The molecule has 0 spiro atoms. The second-order valence-corrected chi connectivity index (χ2v) is 7.41. The van der Waals surface area contributed by atoms with Gasteiger partial charge in [-0.2, -0.15) is 0 Å². The van der Waals surface area contributed by atoms with Gasteiger partial charge in [-0.15, -0.1) is 0 Å². The van der Waals surface area contributed by atoms with Gasteiger partial charge in [0.25, 0.3) is 5.91 Å². The van der Waals surface area contributed by atoms with Crippen LogP contribution in [0.3, 0.4) is 0 Å². The van der Waals surface area contributed by atoms with Crippen molar-refractivity contribution >= 4 is 45.1 Å². The van der Waals surface area contributed by atoms with E-state index < -0.39 is 24.4 Å². The van der Waals surface area contributed by atoms with Crippen LogP contribution in [0.1, 0.15) is 13.3 Å². The fourth-order valence-corrected chi connectivity index (χ4v) is 3.25. The molecule has 1 N–H and O–H groups in total. The topological polar surface area (TPSA) is 84.9 Å². The Bertz CT molecular complexity index is 883. The molecule has 1 aliphatic rings. The van der Waals surface area contributed by atoms with E-state index in [4.69, 9.17) is 9.47 Å². The molecule has 0 aromatic heterocycles. The fraction of sp³-hybridized carbons (Fsp3) is 0.286. The zero-order valence-electron chi connectivity index (χ0n) is 15.9. The summed E-state index contributed by atoms with van der Waals surface area (Å²) in [6.07, 6.45) is 0.0559. The van der Waals surface area contributed by atoms with Crippen LogP contribution in [0.15, 0.2) is 53.0 Å². The number of carbonyl (C=O) groups is 3. The van der Waals surface area contributed by atoms with Crippen LogP contribution in [-0.4, -0.2) is 37.5 Å². The number of halogens is 1. The molecule has 7 nitrogen and oxygen atoms in total. The molecule has 0 unspecified atom stereocenters. The van der Waals surface area contributed by atoms with Crippen LogP contribution < -0.4 is 15.0 Å². The van der Waals surface area contributed by atoms with E-state index in [0.717, 1.165) is 10.2 Å². The van der Waals surface area contributed by atoms with Crippen LogP contribution in [0.5, 0.6) is 5.75 Å². The predicted molar refractivity (Wildman–Crippen MR) is 112 cm³/mol. The van der Waals surface area contributed by atoms with Crippen LogP contribution in [0.2, 0.25) is 0 Å². The van der Waals surface area contributed by atoms with Crippen LogP contribution in [0.4, 0.5) is 11.4 Å². The zero-order chi connectivity index (χ0) is 20.8. The molecular formula is C21H21BrN2O5. The number of benzene rings is 2. The summed E-state index contributed by atoms with van der Waals surface area (Å²) in [4.78, 5) is 38.1. The summed E-state index contributed by atoms with van der Waals surface area (Å²) in [5, 5.41) is 2.65. The molecule has 2 aromatic rings. The van der Waals surface area contributed by atoms with Gasteiger partial charge in [-0.1, -0.05) is 15.9 Å². The number of esters is 1. The average molecular weight is 461 g/mol. The Morgan fingerprint density at radius 1 is 1.14 bits per heavy atom. The lowest BCUT2D eigenvalue weighted by Crippen LogP contribution is -2.28. The quantitative estimate of drug-likeness (QED) is 0.640. The smallest absolute Gasteiger partial charge is 0.311 e. The predicted octanol–water partition coefficient (Wildman–Crippen LogP) is 3.38. The molecule has 2 aromatic carbocycles. The number of carbonyl (C=O) groups excluding carboxylic acids is 3. The Morgan fingerprint density at radius 2 is 1.83 bits per heavy atom. The summed E-state index contributed by atoms with van der Waals surface area (Å²) < 4.78 is 11.4. The number of rotatable bonds is 7. The molecule has 0 saturated carbocycles. The van der Waals surface area contributed by atoms with Crippen molar-refractivity contribution in [2.45, 2.75) is 13.3 Å². The Hall–Kier alpha value is -2.87. The van der Waals surface area contributed by atoms with Gasteiger partial charge in [0, 0.05) is 28.8 Å². The van der Waals surface area contributed by atoms with Crippen molar-refractivity contribution < 1.29 is 23.9 Å². The monoisotopic (exact) mass is 460 g/mol. The third kappa shape index (κ3) is 5.57. The van der Waals surface area contributed by atoms with Crippen LogP contribution in [-0.2, 0) is 19.1 Å². The molecule has 1 fully saturated rings. The van der Waals surface area contributed by atoms with E-state index in [9.17, 15) is 14.4 Å². The van der Waals surface area contributed by atoms with Crippen molar-refractivity contribution in [1.29, 1.82) is 0 Å². The van der Waals surface area contributed by atoms with Gasteiger partial charge in [0.2, 0.25) is 5.91 Å². The van der Waals surface area contributed by atoms with Gasteiger partial charge in [-0.3, -0.25) is 14.4 Å². The summed E-state index contributed by atoms with van der Waals surface area (Å²) in [5.41, 5.74) is 1.30. The highest BCUT2D eigenvalue weighted by atomic mass is 79.9. The van der Waals surface area contributed by atoms with E-state index in [-0.39, 0.29) is 18.9 Å². The number of hydrogen-bond acceptors (Lipinski definition) is 5. The Kier molecular flexibility index (Phi) is 6.87. The van der Waals surface area contributed by atoms with E-state index in [1.165, 1.54) is 0 Å². The number of hydrogen-bond donors (Lipinski definition) is 1. The zero-order valence-corrected chi connectivity index (χ0v) is 17.5. The lowest BCUT2D eigenvalue weighted by atomic mass is 10.1. The van der Waals surface area contributed by atoms with Crippen molar-refractivity contribution in [1.82, 2.24) is 0 Å². The van der Waals surface area contributed by atoms with Gasteiger partial charge in [-0.05, 0) is 55.5 Å². The Morgan fingerprint density at radius 3 is 2.48 bits per heavy atom. The maximum atomic E-state index is 12.3. The Labute approximate surface area is 177 Å². The minimum atomic E-state index is -0.602. The lowest BCUT2D eigenvalue weighted by molar-refractivity contribution is -0.151. The normalized spacial score (nSPS) is 15.9. The maximum Gasteiger partial charge on any atom is 0.311 e. The van der Waals surface area contributed by atoms with Crippen LogP contribution in [0, 0.1) is 5.92 Å². The first-order valence-corrected chi connectivity index (χ1v) is 10.0. The SMILES string of the molecule is CCOc1ccc(N2C[C@H](C(=O)OCC(=O)Nc3ccc(Br)cc3)CC2=O)cc1. The van der Waals surface area contributed by atoms with Crippen molar-refractivity contribution in [2.24, 2.45) is 5.92 Å². The molecule has 1 saturated heterocycles. The highest BCUT2D eigenvalue weighted by molar-refractivity contribution is 9.10. The Balaban J connectivity index is 1.50. The molecule has 3 rings (SSSR count). The molecule has 8 heteroatoms. The van der Waals surface area contributed by atoms with E-state index in [1.807, 2.05) is 6.92 Å². The first-order valence-electron chi connectivity index (χ1n) is 9.21. The number of nitrogens with one attached hydrogen (secondary N) is 1. The average Bonchev–Trinajstić information content (AvgIpc) is 3.10. The van der Waals surface area contributed by atoms with E-state index in [2.05, 4.69) is 21.2 Å². The first kappa shape index (κ1) is 20.9. The van der Waals surface area contributed by atoms with Gasteiger partial charge in [0.1, 0.15) is 5.75 Å². The molecule has 29 heavy (non-hydrogen) atoms. The number of amides is 2. The largest absolute Gasteiger partial charge is 0.494 e. The minimum absolute atomic E-state index is 0.0559. The number of ether oxygens (including phenoxy) is 2. The fourth-order valence-electron chi connectivity index (χ4n) is 2.99.